The van der Waals surface area contributed by atoms with E-state index < -0.39 is 0 Å². The Morgan fingerprint density at radius 2 is 2.13 bits per heavy atom. The Labute approximate surface area is 94.5 Å². The van der Waals surface area contributed by atoms with Gasteiger partial charge in [-0.25, -0.2) is 0 Å². The monoisotopic (exact) mass is 220 g/mol. The van der Waals surface area contributed by atoms with Crippen LogP contribution in [-0.2, 0) is 11.2 Å². The van der Waals surface area contributed by atoms with Gasteiger partial charge in [-0.05, 0) is 24.6 Å². The van der Waals surface area contributed by atoms with E-state index in [9.17, 15) is 4.79 Å². The molecule has 1 atom stereocenters. The van der Waals surface area contributed by atoms with Crippen LogP contribution in [0.3, 0.4) is 0 Å². The first-order chi connectivity index (χ1) is 7.13. The maximum absolute atomic E-state index is 11.3. The summed E-state index contributed by atoms with van der Waals surface area (Å²) in [5.41, 5.74) is 1.66. The van der Waals surface area contributed by atoms with E-state index in [0.29, 0.717) is 6.42 Å². The summed E-state index contributed by atoms with van der Waals surface area (Å²) >= 11 is 4.02. The van der Waals surface area contributed by atoms with E-state index in [2.05, 4.69) is 24.0 Å². The van der Waals surface area contributed by atoms with Gasteiger partial charge in [0.25, 0.3) is 0 Å². The molecule has 78 valence electrons. The van der Waals surface area contributed by atoms with Crippen LogP contribution in [0.1, 0.15) is 12.5 Å². The summed E-state index contributed by atoms with van der Waals surface area (Å²) in [5, 5.41) is 10.9. The van der Waals surface area contributed by atoms with Gasteiger partial charge in [0.2, 0.25) is 5.91 Å². The molecule has 4 heteroatoms. The minimum absolute atomic E-state index is 0.133. The lowest BCUT2D eigenvalue weighted by Crippen LogP contribution is -2.20. The predicted octanol–water partition coefficient (Wildman–Crippen LogP) is 2.01. The standard InChI is InChI=1S/C11H12N2OS/c1-8(15)11(14)13-10-4-2-9(3-5-10)6-7-12/h2-5,8,15H,6H2,1H3,(H,13,14). The van der Waals surface area contributed by atoms with Gasteiger partial charge in [-0.3, -0.25) is 4.79 Å². The maximum atomic E-state index is 11.3. The minimum atomic E-state index is -0.330. The summed E-state index contributed by atoms with van der Waals surface area (Å²) < 4.78 is 0. The first-order valence-electron chi connectivity index (χ1n) is 4.58. The summed E-state index contributed by atoms with van der Waals surface area (Å²) in [5.74, 6) is -0.133. The summed E-state index contributed by atoms with van der Waals surface area (Å²) in [6, 6.07) is 9.26. The van der Waals surface area contributed by atoms with Crippen LogP contribution in [0.15, 0.2) is 24.3 Å². The Morgan fingerprint density at radius 3 is 2.60 bits per heavy atom. The number of nitrogens with zero attached hydrogens (tertiary/aromatic N) is 1. The van der Waals surface area contributed by atoms with Gasteiger partial charge in [-0.15, -0.1) is 0 Å². The van der Waals surface area contributed by atoms with Crippen molar-refractivity contribution in [2.75, 3.05) is 5.32 Å². The lowest BCUT2D eigenvalue weighted by Gasteiger charge is -2.07. The molecule has 0 saturated carbocycles. The third kappa shape index (κ3) is 3.64. The minimum Gasteiger partial charge on any atom is -0.325 e. The molecule has 1 N–H and O–H groups in total. The molecule has 0 bridgehead atoms. The highest BCUT2D eigenvalue weighted by Gasteiger charge is 2.07. The highest BCUT2D eigenvalue weighted by atomic mass is 32.1. The van der Waals surface area contributed by atoms with Crippen LogP contribution in [-0.4, -0.2) is 11.2 Å². The van der Waals surface area contributed by atoms with Gasteiger partial charge >= 0.3 is 0 Å². The Balaban J connectivity index is 2.65. The first-order valence-corrected chi connectivity index (χ1v) is 5.10. The van der Waals surface area contributed by atoms with Gasteiger partial charge in [0.1, 0.15) is 0 Å². The van der Waals surface area contributed by atoms with Crippen molar-refractivity contribution in [2.45, 2.75) is 18.6 Å². The van der Waals surface area contributed by atoms with Crippen LogP contribution in [0.25, 0.3) is 0 Å². The zero-order valence-corrected chi connectivity index (χ0v) is 9.29. The molecule has 0 fully saturated rings. The van der Waals surface area contributed by atoms with Crippen molar-refractivity contribution in [1.82, 2.24) is 0 Å². The van der Waals surface area contributed by atoms with Crippen molar-refractivity contribution in [3.05, 3.63) is 29.8 Å². The number of hydrogen-bond acceptors (Lipinski definition) is 3. The highest BCUT2D eigenvalue weighted by Crippen LogP contribution is 2.10. The molecule has 0 radical (unpaired) electrons. The SMILES string of the molecule is CC(S)C(=O)Nc1ccc(CC#N)cc1. The molecule has 0 heterocycles. The van der Waals surface area contributed by atoms with Gasteiger partial charge in [0.05, 0.1) is 17.7 Å². The van der Waals surface area contributed by atoms with E-state index >= 15 is 0 Å². The van der Waals surface area contributed by atoms with Crippen LogP contribution in [0.5, 0.6) is 0 Å². The topological polar surface area (TPSA) is 52.9 Å². The molecule has 0 saturated heterocycles. The molecule has 0 aliphatic heterocycles. The molecule has 1 rings (SSSR count). The molecule has 0 aliphatic rings. The highest BCUT2D eigenvalue weighted by molar-refractivity contribution is 7.81. The lowest BCUT2D eigenvalue weighted by atomic mass is 10.1. The Kier molecular flexibility index (Phi) is 4.19. The molecule has 1 aromatic carbocycles. The molecular formula is C11H12N2OS. The number of thiol groups is 1. The second kappa shape index (κ2) is 5.42. The molecule has 0 spiro atoms. The van der Waals surface area contributed by atoms with Crippen molar-refractivity contribution in [2.24, 2.45) is 0 Å². The number of amides is 1. The van der Waals surface area contributed by atoms with Crippen LogP contribution in [0.2, 0.25) is 0 Å². The van der Waals surface area contributed by atoms with Crippen molar-refractivity contribution < 1.29 is 4.79 Å². The van der Waals surface area contributed by atoms with Gasteiger partial charge in [0, 0.05) is 5.69 Å². The van der Waals surface area contributed by atoms with E-state index in [1.54, 1.807) is 19.1 Å². The second-order valence-corrected chi connectivity index (χ2v) is 3.97. The largest absolute Gasteiger partial charge is 0.325 e. The Hall–Kier alpha value is -1.47. The van der Waals surface area contributed by atoms with Crippen molar-refractivity contribution in [3.8, 4) is 6.07 Å². The number of nitrogens with one attached hydrogen (secondary N) is 1. The van der Waals surface area contributed by atoms with Crippen LogP contribution < -0.4 is 5.32 Å². The predicted molar refractivity (Wildman–Crippen MR) is 62.8 cm³/mol. The average molecular weight is 220 g/mol. The van der Waals surface area contributed by atoms with E-state index in [1.807, 2.05) is 12.1 Å². The molecular weight excluding hydrogens is 208 g/mol. The number of rotatable bonds is 3. The molecule has 0 aliphatic carbocycles. The van der Waals surface area contributed by atoms with E-state index in [1.165, 1.54) is 0 Å². The number of anilines is 1. The van der Waals surface area contributed by atoms with E-state index in [0.717, 1.165) is 11.3 Å². The third-order valence-electron chi connectivity index (χ3n) is 1.88. The number of carbonyl (C=O) groups excluding carboxylic acids is 1. The number of benzene rings is 1. The average Bonchev–Trinajstić information content (AvgIpc) is 2.21. The Bertz CT molecular complexity index is 379. The lowest BCUT2D eigenvalue weighted by molar-refractivity contribution is -0.115. The van der Waals surface area contributed by atoms with Crippen LogP contribution in [0, 0.1) is 11.3 Å². The van der Waals surface area contributed by atoms with E-state index in [-0.39, 0.29) is 11.2 Å². The van der Waals surface area contributed by atoms with Gasteiger partial charge in [-0.2, -0.15) is 17.9 Å². The summed E-state index contributed by atoms with van der Waals surface area (Å²) in [7, 11) is 0. The fraction of sp³-hybridized carbons (Fsp3) is 0.273. The van der Waals surface area contributed by atoms with Crippen LogP contribution >= 0.6 is 12.6 Å². The zero-order chi connectivity index (χ0) is 11.3. The number of carbonyl (C=O) groups is 1. The van der Waals surface area contributed by atoms with Gasteiger partial charge in [0.15, 0.2) is 0 Å². The van der Waals surface area contributed by atoms with Gasteiger partial charge in [-0.1, -0.05) is 12.1 Å². The number of hydrogen-bond donors (Lipinski definition) is 2. The Morgan fingerprint density at radius 1 is 1.53 bits per heavy atom. The molecule has 1 unspecified atom stereocenters. The fourth-order valence-electron chi connectivity index (χ4n) is 1.04. The molecule has 0 aromatic heterocycles. The first kappa shape index (κ1) is 11.6. The number of nitriles is 1. The van der Waals surface area contributed by atoms with E-state index in [4.69, 9.17) is 5.26 Å². The molecule has 15 heavy (non-hydrogen) atoms. The molecule has 1 aromatic rings. The fourth-order valence-corrected chi connectivity index (χ4v) is 1.11. The quantitative estimate of drug-likeness (QED) is 0.766. The van der Waals surface area contributed by atoms with Crippen molar-refractivity contribution in [3.63, 3.8) is 0 Å². The van der Waals surface area contributed by atoms with Crippen LogP contribution in [0.4, 0.5) is 5.69 Å². The van der Waals surface area contributed by atoms with Crippen molar-refractivity contribution >= 4 is 24.2 Å². The summed E-state index contributed by atoms with van der Waals surface area (Å²) in [4.78, 5) is 11.3. The normalized spacial score (nSPS) is 11.5. The molecule has 1 amide bonds. The van der Waals surface area contributed by atoms with Gasteiger partial charge < -0.3 is 5.32 Å². The second-order valence-electron chi connectivity index (χ2n) is 3.20. The maximum Gasteiger partial charge on any atom is 0.236 e. The third-order valence-corrected chi connectivity index (χ3v) is 2.12. The summed E-state index contributed by atoms with van der Waals surface area (Å²) in [6.07, 6.45) is 0.386. The molecule has 3 nitrogen and oxygen atoms in total. The summed E-state index contributed by atoms with van der Waals surface area (Å²) in [6.45, 7) is 1.71. The smallest absolute Gasteiger partial charge is 0.236 e. The zero-order valence-electron chi connectivity index (χ0n) is 8.40. The van der Waals surface area contributed by atoms with Crippen molar-refractivity contribution in [1.29, 1.82) is 5.26 Å².